The first kappa shape index (κ1) is 11.5. The average molecular weight is 253 g/mol. The first-order chi connectivity index (χ1) is 6.50. The summed E-state index contributed by atoms with van der Waals surface area (Å²) in [5.41, 5.74) is 0.714. The fourth-order valence-corrected chi connectivity index (χ4v) is 1.96. The van der Waals surface area contributed by atoms with E-state index < -0.39 is 15.9 Å². The molecule has 0 unspecified atom stereocenters. The molecule has 0 fully saturated rings. The number of carbonyl (C=O) groups is 1. The van der Waals surface area contributed by atoms with E-state index in [0.29, 0.717) is 5.56 Å². The van der Waals surface area contributed by atoms with E-state index in [1.165, 1.54) is 18.2 Å². The van der Waals surface area contributed by atoms with Gasteiger partial charge in [-0.25, -0.2) is 8.42 Å². The van der Waals surface area contributed by atoms with Gasteiger partial charge in [0.15, 0.2) is 0 Å². The van der Waals surface area contributed by atoms with Crippen LogP contribution in [0.5, 0.6) is 0 Å². The van der Waals surface area contributed by atoms with E-state index in [2.05, 4.69) is 0 Å². The maximum Gasteiger partial charge on any atom is 0.253 e. The molecule has 0 N–H and O–H groups in total. The van der Waals surface area contributed by atoms with Crippen molar-refractivity contribution in [3.63, 3.8) is 0 Å². The van der Waals surface area contributed by atoms with Crippen LogP contribution in [0.15, 0.2) is 18.2 Å². The van der Waals surface area contributed by atoms with Crippen LogP contribution in [0, 0.1) is 0 Å². The molecule has 0 spiro atoms. The predicted octanol–water partition coefficient (Wildman–Crippen LogP) is 1.83. The summed E-state index contributed by atoms with van der Waals surface area (Å²) in [7, 11) is -2.49. The van der Waals surface area contributed by atoms with Gasteiger partial charge in [-0.3, -0.25) is 4.79 Å². The lowest BCUT2D eigenvalue weighted by Crippen LogP contribution is -1.93. The van der Waals surface area contributed by atoms with Gasteiger partial charge >= 0.3 is 0 Å². The molecule has 0 amide bonds. The van der Waals surface area contributed by atoms with Gasteiger partial charge in [-0.1, -0.05) is 17.7 Å². The second-order valence-corrected chi connectivity index (χ2v) is 4.31. The summed E-state index contributed by atoms with van der Waals surface area (Å²) in [6.45, 7) is 0. The van der Waals surface area contributed by atoms with Gasteiger partial charge in [0.05, 0.1) is 16.3 Å². The number of halogens is 2. The van der Waals surface area contributed by atoms with Crippen molar-refractivity contribution in [3.05, 3.63) is 34.3 Å². The number of rotatable bonds is 3. The molecule has 0 saturated carbocycles. The van der Waals surface area contributed by atoms with Crippen LogP contribution in [0.1, 0.15) is 15.9 Å². The molecule has 3 nitrogen and oxygen atoms in total. The third kappa shape index (κ3) is 2.97. The van der Waals surface area contributed by atoms with Crippen LogP contribution in [-0.4, -0.2) is 13.7 Å². The summed E-state index contributed by atoms with van der Waals surface area (Å²) in [5, 5.41) is -0.493. The second-order valence-electron chi connectivity index (χ2n) is 2.58. The molecular weight excluding hydrogens is 247 g/mol. The van der Waals surface area contributed by atoms with Crippen LogP contribution in [0.3, 0.4) is 0 Å². The number of hydrogen-bond donors (Lipinski definition) is 1. The van der Waals surface area contributed by atoms with Crippen LogP contribution in [0.4, 0.5) is 0 Å². The largest absolute Gasteiger partial charge is 0.276 e. The molecule has 1 rings (SSSR count). The Labute approximate surface area is 92.6 Å². The molecule has 1 aromatic carbocycles. The van der Waals surface area contributed by atoms with Crippen molar-refractivity contribution < 1.29 is 13.2 Å². The van der Waals surface area contributed by atoms with E-state index in [9.17, 15) is 13.2 Å². The Morgan fingerprint density at radius 2 is 2.00 bits per heavy atom. The SMILES string of the molecule is O=C(Cl)c1ccc(C[SH](=O)=O)cc1Cl. The summed E-state index contributed by atoms with van der Waals surface area (Å²) in [5.74, 6) is -0.0915. The zero-order chi connectivity index (χ0) is 10.7. The van der Waals surface area contributed by atoms with Crippen LogP contribution in [0.25, 0.3) is 0 Å². The van der Waals surface area contributed by atoms with Crippen LogP contribution < -0.4 is 0 Å². The normalized spacial score (nSPS) is 10.5. The minimum absolute atomic E-state index is 0.0915. The summed E-state index contributed by atoms with van der Waals surface area (Å²) < 4.78 is 20.8. The second kappa shape index (κ2) is 4.77. The van der Waals surface area contributed by atoms with Crippen molar-refractivity contribution in [3.8, 4) is 0 Å². The van der Waals surface area contributed by atoms with Gasteiger partial charge in [0.1, 0.15) is 10.7 Å². The quantitative estimate of drug-likeness (QED) is 0.660. The van der Waals surface area contributed by atoms with Crippen molar-refractivity contribution in [2.24, 2.45) is 0 Å². The van der Waals surface area contributed by atoms with E-state index in [0.717, 1.165) is 0 Å². The first-order valence-corrected chi connectivity index (χ1v) is 5.72. The number of thiol groups is 1. The Morgan fingerprint density at radius 3 is 2.43 bits per heavy atom. The lowest BCUT2D eigenvalue weighted by Gasteiger charge is -2.00. The molecular formula is C8H6Cl2O3S. The molecule has 14 heavy (non-hydrogen) atoms. The van der Waals surface area contributed by atoms with Gasteiger partial charge in [-0.15, -0.1) is 0 Å². The molecule has 0 aliphatic rings. The monoisotopic (exact) mass is 252 g/mol. The van der Waals surface area contributed by atoms with Crippen LogP contribution in [0.2, 0.25) is 5.02 Å². The summed E-state index contributed by atoms with van der Waals surface area (Å²) in [6.07, 6.45) is 0. The summed E-state index contributed by atoms with van der Waals surface area (Å²) in [6, 6.07) is 4.33. The van der Waals surface area contributed by atoms with Gasteiger partial charge < -0.3 is 0 Å². The van der Waals surface area contributed by atoms with Crippen molar-refractivity contribution in [2.45, 2.75) is 5.75 Å². The Kier molecular flexibility index (Phi) is 3.92. The van der Waals surface area contributed by atoms with Crippen LogP contribution >= 0.6 is 23.2 Å². The highest BCUT2D eigenvalue weighted by Gasteiger charge is 2.07. The lowest BCUT2D eigenvalue weighted by atomic mass is 10.2. The minimum atomic E-state index is -2.49. The fraction of sp³-hybridized carbons (Fsp3) is 0.125. The van der Waals surface area contributed by atoms with Crippen molar-refractivity contribution in [2.75, 3.05) is 0 Å². The third-order valence-corrected chi connectivity index (χ3v) is 2.70. The van der Waals surface area contributed by atoms with Gasteiger partial charge in [0.2, 0.25) is 0 Å². The van der Waals surface area contributed by atoms with E-state index >= 15 is 0 Å². The molecule has 6 heteroatoms. The van der Waals surface area contributed by atoms with E-state index in [1.807, 2.05) is 0 Å². The van der Waals surface area contributed by atoms with E-state index in [1.54, 1.807) is 0 Å². The Hall–Kier alpha value is -0.580. The molecule has 0 aliphatic carbocycles. The molecule has 1 aromatic rings. The summed E-state index contributed by atoms with van der Waals surface area (Å²) in [4.78, 5) is 10.8. The van der Waals surface area contributed by atoms with Gasteiger partial charge in [0.25, 0.3) is 5.24 Å². The predicted molar refractivity (Wildman–Crippen MR) is 55.7 cm³/mol. The fourth-order valence-electron chi connectivity index (χ4n) is 0.965. The van der Waals surface area contributed by atoms with Crippen molar-refractivity contribution >= 4 is 39.1 Å². The molecule has 76 valence electrons. The molecule has 0 aromatic heterocycles. The molecule has 0 radical (unpaired) electrons. The average Bonchev–Trinajstić information content (AvgIpc) is 2.01. The third-order valence-electron chi connectivity index (χ3n) is 1.56. The maximum absolute atomic E-state index is 10.8. The highest BCUT2D eigenvalue weighted by Crippen LogP contribution is 2.19. The maximum atomic E-state index is 10.8. The van der Waals surface area contributed by atoms with Gasteiger partial charge in [-0.05, 0) is 29.3 Å². The summed E-state index contributed by atoms with van der Waals surface area (Å²) >= 11 is 10.9. The van der Waals surface area contributed by atoms with Crippen LogP contribution in [-0.2, 0) is 16.5 Å². The molecule has 0 saturated heterocycles. The Balaban J connectivity index is 3.06. The molecule has 0 atom stereocenters. The van der Waals surface area contributed by atoms with Crippen molar-refractivity contribution in [1.82, 2.24) is 0 Å². The minimum Gasteiger partial charge on any atom is -0.276 e. The van der Waals surface area contributed by atoms with E-state index in [-0.39, 0.29) is 16.3 Å². The number of benzene rings is 1. The zero-order valence-corrected chi connectivity index (χ0v) is 9.27. The highest BCUT2D eigenvalue weighted by atomic mass is 35.5. The van der Waals surface area contributed by atoms with E-state index in [4.69, 9.17) is 23.2 Å². The molecule has 0 aliphatic heterocycles. The smallest absolute Gasteiger partial charge is 0.253 e. The Bertz CT molecular complexity index is 432. The zero-order valence-electron chi connectivity index (χ0n) is 6.87. The van der Waals surface area contributed by atoms with Gasteiger partial charge in [0, 0.05) is 0 Å². The highest BCUT2D eigenvalue weighted by molar-refractivity contribution is 7.71. The number of hydrogen-bond acceptors (Lipinski definition) is 3. The first-order valence-electron chi connectivity index (χ1n) is 3.61. The lowest BCUT2D eigenvalue weighted by molar-refractivity contribution is 0.108. The molecule has 0 bridgehead atoms. The number of carbonyl (C=O) groups excluding carboxylic acids is 1. The standard InChI is InChI=1S/C8H6Cl2O3S/c9-7-3-5(4-14(12)13)1-2-6(7)8(10)11/h1-3,14H,4H2. The van der Waals surface area contributed by atoms with Gasteiger partial charge in [-0.2, -0.15) is 0 Å². The van der Waals surface area contributed by atoms with Crippen molar-refractivity contribution in [1.29, 1.82) is 0 Å². The topological polar surface area (TPSA) is 51.2 Å². The Morgan fingerprint density at radius 1 is 1.36 bits per heavy atom. The molecule has 0 heterocycles.